The third-order valence-corrected chi connectivity index (χ3v) is 5.68. The van der Waals surface area contributed by atoms with Crippen molar-refractivity contribution in [1.82, 2.24) is 10.2 Å². The predicted molar refractivity (Wildman–Crippen MR) is 105 cm³/mol. The highest BCUT2D eigenvalue weighted by Gasteiger charge is 2.41. The second kappa shape index (κ2) is 7.82. The number of halogens is 1. The molecule has 3 aromatic rings. The Kier molecular flexibility index (Phi) is 5.27. The van der Waals surface area contributed by atoms with E-state index in [2.05, 4.69) is 50.4 Å². The number of hydrogen-bond acceptors (Lipinski definition) is 5. The van der Waals surface area contributed by atoms with E-state index in [0.717, 1.165) is 28.6 Å². The smallest absolute Gasteiger partial charge is 0.227 e. The molecule has 2 heterocycles. The van der Waals surface area contributed by atoms with Gasteiger partial charge in [-0.05, 0) is 36.6 Å². The minimum atomic E-state index is -0.301. The quantitative estimate of drug-likeness (QED) is 0.597. The van der Waals surface area contributed by atoms with Gasteiger partial charge in [0.25, 0.3) is 0 Å². The highest BCUT2D eigenvalue weighted by atomic mass is 79.9. The Bertz CT molecular complexity index is 902. The lowest BCUT2D eigenvalue weighted by molar-refractivity contribution is 0.0541. The van der Waals surface area contributed by atoms with Gasteiger partial charge in [-0.1, -0.05) is 46.3 Å². The zero-order valence-corrected chi connectivity index (χ0v) is 16.7. The SMILES string of the molecule is COc1ccccc1Cc1nnc(C2(c3ccc(Br)cc3)CCOCC2)o1. The summed E-state index contributed by atoms with van der Waals surface area (Å²) in [4.78, 5) is 0. The predicted octanol–water partition coefficient (Wildman–Crippen LogP) is 4.53. The van der Waals surface area contributed by atoms with Crippen LogP contribution in [0.15, 0.2) is 57.4 Å². The third kappa shape index (κ3) is 3.64. The van der Waals surface area contributed by atoms with Crippen molar-refractivity contribution >= 4 is 15.9 Å². The fourth-order valence-electron chi connectivity index (χ4n) is 3.65. The number of methoxy groups -OCH3 is 1. The molecule has 5 nitrogen and oxygen atoms in total. The van der Waals surface area contributed by atoms with Crippen molar-refractivity contribution in [3.63, 3.8) is 0 Å². The van der Waals surface area contributed by atoms with Crippen molar-refractivity contribution < 1.29 is 13.9 Å². The van der Waals surface area contributed by atoms with Crippen molar-refractivity contribution in [2.24, 2.45) is 0 Å². The van der Waals surface area contributed by atoms with E-state index >= 15 is 0 Å². The minimum absolute atomic E-state index is 0.301. The highest BCUT2D eigenvalue weighted by molar-refractivity contribution is 9.10. The van der Waals surface area contributed by atoms with Gasteiger partial charge in [0.15, 0.2) is 0 Å². The molecular weight excluding hydrogens is 408 g/mol. The van der Waals surface area contributed by atoms with Crippen LogP contribution in [0.25, 0.3) is 0 Å². The van der Waals surface area contributed by atoms with E-state index in [9.17, 15) is 0 Å². The monoisotopic (exact) mass is 428 g/mol. The lowest BCUT2D eigenvalue weighted by Gasteiger charge is -2.34. The molecule has 2 aromatic carbocycles. The fourth-order valence-corrected chi connectivity index (χ4v) is 3.91. The molecule has 0 unspecified atom stereocenters. The summed E-state index contributed by atoms with van der Waals surface area (Å²) in [7, 11) is 1.67. The average molecular weight is 429 g/mol. The van der Waals surface area contributed by atoms with E-state index in [-0.39, 0.29) is 5.41 Å². The Balaban J connectivity index is 1.67. The summed E-state index contributed by atoms with van der Waals surface area (Å²) < 4.78 is 18.3. The average Bonchev–Trinajstić information content (AvgIpc) is 3.18. The highest BCUT2D eigenvalue weighted by Crippen LogP contribution is 2.41. The van der Waals surface area contributed by atoms with Gasteiger partial charge in [0, 0.05) is 23.2 Å². The van der Waals surface area contributed by atoms with Crippen LogP contribution < -0.4 is 4.74 Å². The molecular formula is C21H21BrN2O3. The van der Waals surface area contributed by atoms with Crippen LogP contribution in [-0.2, 0) is 16.6 Å². The maximum Gasteiger partial charge on any atom is 0.227 e. The molecule has 0 aliphatic carbocycles. The number of para-hydroxylation sites is 1. The molecule has 0 amide bonds. The number of rotatable bonds is 5. The van der Waals surface area contributed by atoms with Gasteiger partial charge >= 0.3 is 0 Å². The zero-order valence-electron chi connectivity index (χ0n) is 15.2. The summed E-state index contributed by atoms with van der Waals surface area (Å²) in [5, 5.41) is 8.77. The van der Waals surface area contributed by atoms with E-state index in [1.807, 2.05) is 24.3 Å². The number of nitrogens with zero attached hydrogens (tertiary/aromatic N) is 2. The molecule has 0 radical (unpaired) electrons. The molecule has 0 atom stereocenters. The lowest BCUT2D eigenvalue weighted by atomic mass is 9.74. The molecule has 0 bridgehead atoms. The standard InChI is InChI=1S/C21H21BrN2O3/c1-25-18-5-3-2-4-15(18)14-19-23-24-20(27-19)21(10-12-26-13-11-21)16-6-8-17(22)9-7-16/h2-9H,10-14H2,1H3. The number of aromatic nitrogens is 2. The van der Waals surface area contributed by atoms with Crippen molar-refractivity contribution in [2.45, 2.75) is 24.7 Å². The lowest BCUT2D eigenvalue weighted by Crippen LogP contribution is -2.35. The summed E-state index contributed by atoms with van der Waals surface area (Å²) in [5.41, 5.74) is 1.91. The number of hydrogen-bond donors (Lipinski definition) is 0. The molecule has 1 aromatic heterocycles. The molecule has 4 rings (SSSR count). The molecule has 1 saturated heterocycles. The van der Waals surface area contributed by atoms with Gasteiger partial charge in [-0.25, -0.2) is 0 Å². The van der Waals surface area contributed by atoms with Crippen LogP contribution in [0.2, 0.25) is 0 Å². The summed E-state index contributed by atoms with van der Waals surface area (Å²) in [6, 6.07) is 16.2. The van der Waals surface area contributed by atoms with E-state index in [0.29, 0.717) is 31.4 Å². The van der Waals surface area contributed by atoms with Gasteiger partial charge < -0.3 is 13.9 Å². The summed E-state index contributed by atoms with van der Waals surface area (Å²) >= 11 is 3.51. The Morgan fingerprint density at radius 2 is 1.78 bits per heavy atom. The van der Waals surface area contributed by atoms with Crippen molar-refractivity contribution in [1.29, 1.82) is 0 Å². The largest absolute Gasteiger partial charge is 0.496 e. The van der Waals surface area contributed by atoms with Crippen LogP contribution >= 0.6 is 15.9 Å². The van der Waals surface area contributed by atoms with Gasteiger partial charge in [-0.3, -0.25) is 0 Å². The zero-order chi connectivity index (χ0) is 18.7. The van der Waals surface area contributed by atoms with E-state index in [4.69, 9.17) is 13.9 Å². The van der Waals surface area contributed by atoms with Crippen LogP contribution in [0.4, 0.5) is 0 Å². The molecule has 1 fully saturated rings. The first-order chi connectivity index (χ1) is 13.2. The molecule has 0 spiro atoms. The third-order valence-electron chi connectivity index (χ3n) is 5.15. The minimum Gasteiger partial charge on any atom is -0.496 e. The summed E-state index contributed by atoms with van der Waals surface area (Å²) in [5.74, 6) is 2.08. The Hall–Kier alpha value is -2.18. The van der Waals surface area contributed by atoms with Crippen LogP contribution in [0, 0.1) is 0 Å². The molecule has 27 heavy (non-hydrogen) atoms. The molecule has 1 aliphatic heterocycles. The summed E-state index contributed by atoms with van der Waals surface area (Å²) in [6.45, 7) is 1.36. The summed E-state index contributed by atoms with van der Waals surface area (Å²) in [6.07, 6.45) is 2.19. The Labute approximate surface area is 166 Å². The second-order valence-corrected chi connectivity index (χ2v) is 7.61. The van der Waals surface area contributed by atoms with E-state index < -0.39 is 0 Å². The molecule has 140 valence electrons. The first kappa shape index (κ1) is 18.2. The van der Waals surface area contributed by atoms with E-state index in [1.165, 1.54) is 5.56 Å². The molecule has 1 aliphatic rings. The van der Waals surface area contributed by atoms with Crippen LogP contribution in [0.5, 0.6) is 5.75 Å². The van der Waals surface area contributed by atoms with Crippen molar-refractivity contribution in [3.8, 4) is 5.75 Å². The molecule has 6 heteroatoms. The van der Waals surface area contributed by atoms with Crippen molar-refractivity contribution in [2.75, 3.05) is 20.3 Å². The van der Waals surface area contributed by atoms with Crippen molar-refractivity contribution in [3.05, 3.63) is 75.9 Å². The van der Waals surface area contributed by atoms with Crippen LogP contribution in [0.3, 0.4) is 0 Å². The van der Waals surface area contributed by atoms with Gasteiger partial charge in [0.1, 0.15) is 5.75 Å². The first-order valence-corrected chi connectivity index (χ1v) is 9.79. The number of ether oxygens (including phenoxy) is 2. The maximum absolute atomic E-state index is 6.17. The Morgan fingerprint density at radius 1 is 1.04 bits per heavy atom. The van der Waals surface area contributed by atoms with Gasteiger partial charge in [-0.2, -0.15) is 0 Å². The molecule has 0 saturated carbocycles. The maximum atomic E-state index is 6.17. The van der Waals surface area contributed by atoms with E-state index in [1.54, 1.807) is 7.11 Å². The topological polar surface area (TPSA) is 57.4 Å². The second-order valence-electron chi connectivity index (χ2n) is 6.69. The van der Waals surface area contributed by atoms with Gasteiger partial charge in [0.05, 0.1) is 18.9 Å². The fraction of sp³-hybridized carbons (Fsp3) is 0.333. The normalized spacial score (nSPS) is 16.2. The van der Waals surface area contributed by atoms with Gasteiger partial charge in [0.2, 0.25) is 11.8 Å². The Morgan fingerprint density at radius 3 is 2.52 bits per heavy atom. The molecule has 0 N–H and O–H groups in total. The number of benzene rings is 2. The van der Waals surface area contributed by atoms with Crippen LogP contribution in [0.1, 0.15) is 35.7 Å². The van der Waals surface area contributed by atoms with Gasteiger partial charge in [-0.15, -0.1) is 10.2 Å². The van der Waals surface area contributed by atoms with Crippen LogP contribution in [-0.4, -0.2) is 30.5 Å². The first-order valence-electron chi connectivity index (χ1n) is 9.00.